The smallest absolute Gasteiger partial charge is 0.416 e. The van der Waals surface area contributed by atoms with E-state index in [2.05, 4.69) is 15.5 Å². The molecule has 0 aliphatic rings. The highest BCUT2D eigenvalue weighted by Gasteiger charge is 2.30. The van der Waals surface area contributed by atoms with Crippen LogP contribution in [0, 0.1) is 0 Å². The van der Waals surface area contributed by atoms with Crippen LogP contribution in [-0.2, 0) is 6.18 Å². The number of hydrogen-bond donors (Lipinski definition) is 2. The average Bonchev–Trinajstić information content (AvgIpc) is 2.53. The van der Waals surface area contributed by atoms with Crippen LogP contribution in [0.4, 0.5) is 13.2 Å². The summed E-state index contributed by atoms with van der Waals surface area (Å²) in [4.78, 5) is 12.1. The Balaban J connectivity index is 1.96. The first kappa shape index (κ1) is 18.9. The lowest BCUT2D eigenvalue weighted by atomic mass is 10.1. The lowest BCUT2D eigenvalue weighted by molar-refractivity contribution is -0.137. The molecule has 1 unspecified atom stereocenters. The number of nitrogens with two attached hydrogens (primary N) is 1. The Bertz CT molecular complexity index is 734. The second-order valence-corrected chi connectivity index (χ2v) is 5.82. The average molecular weight is 375 g/mol. The maximum Gasteiger partial charge on any atom is 0.416 e. The molecule has 0 radical (unpaired) electrons. The van der Waals surface area contributed by atoms with Crippen LogP contribution >= 0.6 is 11.6 Å². The first-order valence-corrected chi connectivity index (χ1v) is 7.35. The molecular formula is C15H14ClF3N4O2. The number of carbonyl (C=O) groups is 1. The molecule has 0 aliphatic carbocycles. The van der Waals surface area contributed by atoms with E-state index in [0.717, 1.165) is 24.3 Å². The molecule has 2 rings (SSSR count). The van der Waals surface area contributed by atoms with Crippen LogP contribution in [0.25, 0.3) is 0 Å². The monoisotopic (exact) mass is 374 g/mol. The quantitative estimate of drug-likeness (QED) is 0.785. The van der Waals surface area contributed by atoms with Crippen LogP contribution in [0.15, 0.2) is 36.4 Å². The maximum absolute atomic E-state index is 12.5. The second kappa shape index (κ2) is 7.24. The van der Waals surface area contributed by atoms with Crippen molar-refractivity contribution in [3.05, 3.63) is 52.7 Å². The highest BCUT2D eigenvalue weighted by molar-refractivity contribution is 6.29. The van der Waals surface area contributed by atoms with E-state index in [9.17, 15) is 18.0 Å². The summed E-state index contributed by atoms with van der Waals surface area (Å²) in [5.74, 6) is -0.477. The fraction of sp³-hybridized carbons (Fsp3) is 0.267. The van der Waals surface area contributed by atoms with E-state index >= 15 is 0 Å². The van der Waals surface area contributed by atoms with Crippen LogP contribution < -0.4 is 15.8 Å². The highest BCUT2D eigenvalue weighted by atomic mass is 35.5. The fourth-order valence-electron chi connectivity index (χ4n) is 1.78. The predicted octanol–water partition coefficient (Wildman–Crippen LogP) is 2.63. The van der Waals surface area contributed by atoms with Gasteiger partial charge in [0.25, 0.3) is 5.91 Å². The van der Waals surface area contributed by atoms with Gasteiger partial charge in [0.1, 0.15) is 12.3 Å². The summed E-state index contributed by atoms with van der Waals surface area (Å²) in [6.45, 7) is 1.34. The number of benzene rings is 1. The van der Waals surface area contributed by atoms with Crippen molar-refractivity contribution in [1.29, 1.82) is 0 Å². The van der Waals surface area contributed by atoms with Gasteiger partial charge in [0.15, 0.2) is 5.15 Å². The summed E-state index contributed by atoms with van der Waals surface area (Å²) >= 11 is 5.60. The number of rotatable bonds is 5. The Morgan fingerprint density at radius 2 is 1.84 bits per heavy atom. The molecule has 3 N–H and O–H groups in total. The molecule has 0 saturated carbocycles. The van der Waals surface area contributed by atoms with Crippen LogP contribution in [0.5, 0.6) is 5.88 Å². The zero-order valence-corrected chi connectivity index (χ0v) is 13.7. The zero-order chi connectivity index (χ0) is 18.7. The largest absolute Gasteiger partial charge is 0.473 e. The van der Waals surface area contributed by atoms with Gasteiger partial charge in [0.2, 0.25) is 5.88 Å². The minimum absolute atomic E-state index is 0.0379. The van der Waals surface area contributed by atoms with Crippen molar-refractivity contribution in [2.45, 2.75) is 18.8 Å². The third-order valence-electron chi connectivity index (χ3n) is 3.00. The van der Waals surface area contributed by atoms with Crippen LogP contribution in [0.3, 0.4) is 0 Å². The van der Waals surface area contributed by atoms with Crippen molar-refractivity contribution in [3.8, 4) is 5.88 Å². The molecule has 1 amide bonds. The Morgan fingerprint density at radius 1 is 1.20 bits per heavy atom. The van der Waals surface area contributed by atoms with E-state index in [4.69, 9.17) is 22.1 Å². The molecule has 1 aromatic heterocycles. The predicted molar refractivity (Wildman–Crippen MR) is 84.0 cm³/mol. The number of halogens is 4. The van der Waals surface area contributed by atoms with E-state index in [1.807, 2.05) is 0 Å². The minimum Gasteiger partial charge on any atom is -0.473 e. The second-order valence-electron chi connectivity index (χ2n) is 5.43. The number of alkyl halides is 3. The summed E-state index contributed by atoms with van der Waals surface area (Å²) in [6, 6.07) is 6.73. The number of hydrogen-bond acceptors (Lipinski definition) is 5. The number of nitrogens with one attached hydrogen (secondary N) is 1. The van der Waals surface area contributed by atoms with E-state index in [1.165, 1.54) is 19.1 Å². The molecule has 0 aliphatic heterocycles. The number of carbonyl (C=O) groups excluding carboxylic acids is 1. The van der Waals surface area contributed by atoms with Crippen molar-refractivity contribution >= 4 is 17.5 Å². The topological polar surface area (TPSA) is 90.1 Å². The van der Waals surface area contributed by atoms with Crippen molar-refractivity contribution < 1.29 is 22.7 Å². The fourth-order valence-corrected chi connectivity index (χ4v) is 1.88. The lowest BCUT2D eigenvalue weighted by Gasteiger charge is -2.25. The van der Waals surface area contributed by atoms with Gasteiger partial charge >= 0.3 is 6.18 Å². The third kappa shape index (κ3) is 5.57. The van der Waals surface area contributed by atoms with Gasteiger partial charge in [0, 0.05) is 11.6 Å². The van der Waals surface area contributed by atoms with Gasteiger partial charge in [0.05, 0.1) is 5.56 Å². The Morgan fingerprint density at radius 3 is 2.36 bits per heavy atom. The zero-order valence-electron chi connectivity index (χ0n) is 13.0. The molecule has 1 heterocycles. The Hall–Kier alpha value is -2.39. The van der Waals surface area contributed by atoms with E-state index in [1.54, 1.807) is 0 Å². The van der Waals surface area contributed by atoms with Gasteiger partial charge in [-0.3, -0.25) is 4.79 Å². The maximum atomic E-state index is 12.5. The molecule has 0 saturated heterocycles. The molecule has 0 bridgehead atoms. The van der Waals surface area contributed by atoms with Gasteiger partial charge < -0.3 is 15.8 Å². The molecule has 6 nitrogen and oxygen atoms in total. The molecule has 1 atom stereocenters. The van der Waals surface area contributed by atoms with Crippen molar-refractivity contribution in [3.63, 3.8) is 0 Å². The molecule has 134 valence electrons. The molecule has 25 heavy (non-hydrogen) atoms. The Labute approximate surface area is 146 Å². The summed E-state index contributed by atoms with van der Waals surface area (Å²) in [5, 5.41) is 9.92. The van der Waals surface area contributed by atoms with Crippen molar-refractivity contribution in [1.82, 2.24) is 15.5 Å². The van der Waals surface area contributed by atoms with Gasteiger partial charge in [-0.25, -0.2) is 0 Å². The van der Waals surface area contributed by atoms with Crippen molar-refractivity contribution in [2.24, 2.45) is 5.73 Å². The summed E-state index contributed by atoms with van der Waals surface area (Å²) in [5.41, 5.74) is 3.82. The minimum atomic E-state index is -4.47. The molecule has 0 fully saturated rings. The van der Waals surface area contributed by atoms with Gasteiger partial charge in [-0.05, 0) is 37.3 Å². The molecular weight excluding hydrogens is 361 g/mol. The first-order chi connectivity index (χ1) is 11.6. The number of nitrogens with zero attached hydrogens (tertiary/aromatic N) is 2. The molecule has 0 spiro atoms. The molecule has 1 aromatic carbocycles. The van der Waals surface area contributed by atoms with Crippen molar-refractivity contribution in [2.75, 3.05) is 6.61 Å². The van der Waals surface area contributed by atoms with Gasteiger partial charge in [-0.15, -0.1) is 10.2 Å². The van der Waals surface area contributed by atoms with Crippen LogP contribution in [-0.4, -0.2) is 28.4 Å². The molecule has 2 aromatic rings. The SMILES string of the molecule is CC(N)(COc1ccc(Cl)nn1)NC(=O)c1ccc(C(F)(F)F)cc1. The normalized spacial score (nSPS) is 13.8. The third-order valence-corrected chi connectivity index (χ3v) is 3.20. The number of amides is 1. The van der Waals surface area contributed by atoms with Crippen LogP contribution in [0.1, 0.15) is 22.8 Å². The number of aromatic nitrogens is 2. The van der Waals surface area contributed by atoms with E-state index in [-0.39, 0.29) is 23.2 Å². The summed E-state index contributed by atoms with van der Waals surface area (Å²) in [6.07, 6.45) is -4.47. The van der Waals surface area contributed by atoms with Crippen LogP contribution in [0.2, 0.25) is 5.15 Å². The van der Waals surface area contributed by atoms with Gasteiger partial charge in [-0.1, -0.05) is 11.6 Å². The molecule has 10 heteroatoms. The highest BCUT2D eigenvalue weighted by Crippen LogP contribution is 2.29. The van der Waals surface area contributed by atoms with Gasteiger partial charge in [-0.2, -0.15) is 13.2 Å². The van der Waals surface area contributed by atoms with E-state index < -0.39 is 23.3 Å². The lowest BCUT2D eigenvalue weighted by Crippen LogP contribution is -2.57. The standard InChI is InChI=1S/C15H14ClF3N4O2/c1-14(20,8-25-12-7-6-11(16)22-23-12)21-13(24)9-2-4-10(5-3-9)15(17,18)19/h2-7H,8,20H2,1H3,(H,21,24). The summed E-state index contributed by atoms with van der Waals surface area (Å²) < 4.78 is 42.9. The van der Waals surface area contributed by atoms with E-state index in [0.29, 0.717) is 0 Å². The summed E-state index contributed by atoms with van der Waals surface area (Å²) in [7, 11) is 0. The Kier molecular flexibility index (Phi) is 5.48. The number of ether oxygens (including phenoxy) is 1. The first-order valence-electron chi connectivity index (χ1n) is 6.97.